The van der Waals surface area contributed by atoms with Crippen LogP contribution in [-0.2, 0) is 0 Å². The van der Waals surface area contributed by atoms with Gasteiger partial charge in [0, 0.05) is 3.57 Å². The maximum Gasteiger partial charge on any atom is 0.409 e. The molecule has 0 saturated carbocycles. The number of hydrogen-bond donors (Lipinski definition) is 1. The van der Waals surface area contributed by atoms with Crippen molar-refractivity contribution in [3.63, 3.8) is 0 Å². The van der Waals surface area contributed by atoms with Crippen molar-refractivity contribution in [1.82, 2.24) is 0 Å². The van der Waals surface area contributed by atoms with Crippen LogP contribution >= 0.6 is 22.6 Å². The normalized spacial score (nSPS) is 9.18. The van der Waals surface area contributed by atoms with Gasteiger partial charge in [0.2, 0.25) is 0 Å². The van der Waals surface area contributed by atoms with Gasteiger partial charge in [0.25, 0.3) is 0 Å². The lowest BCUT2D eigenvalue weighted by atomic mass is 10.3. The standard InChI is InChI=1S/C7H6INO2/c8-5-2-1-3-6(4-5)11-7(9)10/h1-4H,(H2,9,10). The van der Waals surface area contributed by atoms with Crippen molar-refractivity contribution in [2.75, 3.05) is 0 Å². The summed E-state index contributed by atoms with van der Waals surface area (Å²) in [4.78, 5) is 10.3. The van der Waals surface area contributed by atoms with Crippen LogP contribution in [0, 0.1) is 3.57 Å². The van der Waals surface area contributed by atoms with E-state index in [0.29, 0.717) is 5.75 Å². The molecule has 0 heterocycles. The summed E-state index contributed by atoms with van der Waals surface area (Å²) >= 11 is 2.12. The first-order chi connectivity index (χ1) is 5.18. The molecule has 11 heavy (non-hydrogen) atoms. The van der Waals surface area contributed by atoms with Crippen molar-refractivity contribution < 1.29 is 9.53 Å². The molecule has 0 spiro atoms. The van der Waals surface area contributed by atoms with Crippen molar-refractivity contribution in [2.45, 2.75) is 0 Å². The van der Waals surface area contributed by atoms with Gasteiger partial charge in [-0.25, -0.2) is 4.79 Å². The van der Waals surface area contributed by atoms with Gasteiger partial charge in [0.15, 0.2) is 0 Å². The summed E-state index contributed by atoms with van der Waals surface area (Å²) in [6.45, 7) is 0. The van der Waals surface area contributed by atoms with E-state index in [1.54, 1.807) is 18.2 Å². The van der Waals surface area contributed by atoms with Crippen LogP contribution in [0.1, 0.15) is 0 Å². The van der Waals surface area contributed by atoms with Crippen molar-refractivity contribution >= 4 is 28.7 Å². The Morgan fingerprint density at radius 3 is 2.82 bits per heavy atom. The second-order valence-corrected chi connectivity index (χ2v) is 3.12. The number of halogens is 1. The number of hydrogen-bond acceptors (Lipinski definition) is 2. The van der Waals surface area contributed by atoms with Gasteiger partial charge < -0.3 is 10.5 Å². The molecule has 3 nitrogen and oxygen atoms in total. The molecular formula is C7H6INO2. The third-order valence-electron chi connectivity index (χ3n) is 1.01. The molecule has 1 aromatic carbocycles. The lowest BCUT2D eigenvalue weighted by Gasteiger charge is -1.99. The molecule has 0 saturated heterocycles. The van der Waals surface area contributed by atoms with Gasteiger partial charge in [0.1, 0.15) is 5.75 Å². The molecule has 0 aliphatic heterocycles. The highest BCUT2D eigenvalue weighted by molar-refractivity contribution is 14.1. The minimum atomic E-state index is -0.785. The zero-order valence-electron chi connectivity index (χ0n) is 5.58. The van der Waals surface area contributed by atoms with Gasteiger partial charge in [-0.1, -0.05) is 6.07 Å². The number of amides is 1. The number of benzene rings is 1. The molecule has 1 aromatic rings. The van der Waals surface area contributed by atoms with Crippen LogP contribution in [-0.4, -0.2) is 6.09 Å². The van der Waals surface area contributed by atoms with E-state index in [1.165, 1.54) is 0 Å². The zero-order valence-corrected chi connectivity index (χ0v) is 7.74. The maximum atomic E-state index is 10.3. The number of nitrogens with two attached hydrogens (primary N) is 1. The summed E-state index contributed by atoms with van der Waals surface area (Å²) in [5.41, 5.74) is 4.81. The highest BCUT2D eigenvalue weighted by Crippen LogP contribution is 2.14. The molecule has 0 fully saturated rings. The van der Waals surface area contributed by atoms with Crippen LogP contribution in [0.25, 0.3) is 0 Å². The predicted molar refractivity (Wildman–Crippen MR) is 49.4 cm³/mol. The van der Waals surface area contributed by atoms with Crippen molar-refractivity contribution in [1.29, 1.82) is 0 Å². The summed E-state index contributed by atoms with van der Waals surface area (Å²) in [5, 5.41) is 0. The molecule has 0 aromatic heterocycles. The largest absolute Gasteiger partial charge is 0.410 e. The summed E-state index contributed by atoms with van der Waals surface area (Å²) in [7, 11) is 0. The number of ether oxygens (including phenoxy) is 1. The van der Waals surface area contributed by atoms with E-state index in [0.717, 1.165) is 3.57 Å². The average molecular weight is 263 g/mol. The highest BCUT2D eigenvalue weighted by Gasteiger charge is 1.97. The van der Waals surface area contributed by atoms with Gasteiger partial charge in [-0.3, -0.25) is 0 Å². The fraction of sp³-hybridized carbons (Fsp3) is 0. The van der Waals surface area contributed by atoms with Crippen molar-refractivity contribution in [2.24, 2.45) is 5.73 Å². The highest BCUT2D eigenvalue weighted by atomic mass is 127. The van der Waals surface area contributed by atoms with Gasteiger partial charge >= 0.3 is 6.09 Å². The molecule has 1 amide bonds. The van der Waals surface area contributed by atoms with E-state index in [-0.39, 0.29) is 0 Å². The summed E-state index contributed by atoms with van der Waals surface area (Å²) in [6, 6.07) is 7.09. The fourth-order valence-corrected chi connectivity index (χ4v) is 1.16. The molecular weight excluding hydrogens is 257 g/mol. The third kappa shape index (κ3) is 2.75. The Hall–Kier alpha value is -0.780. The smallest absolute Gasteiger partial charge is 0.409 e. The molecule has 0 bridgehead atoms. The molecule has 1 rings (SSSR count). The number of carbonyl (C=O) groups is 1. The van der Waals surface area contributed by atoms with E-state index in [1.807, 2.05) is 6.07 Å². The Balaban J connectivity index is 2.79. The predicted octanol–water partition coefficient (Wildman–Crippen LogP) is 1.75. The average Bonchev–Trinajstić information content (AvgIpc) is 1.85. The molecule has 4 heteroatoms. The van der Waals surface area contributed by atoms with Crippen LogP contribution in [0.4, 0.5) is 4.79 Å². The first-order valence-corrected chi connectivity index (χ1v) is 3.99. The van der Waals surface area contributed by atoms with E-state index < -0.39 is 6.09 Å². The number of rotatable bonds is 1. The summed E-state index contributed by atoms with van der Waals surface area (Å²) in [6.07, 6.45) is -0.785. The summed E-state index contributed by atoms with van der Waals surface area (Å²) in [5.74, 6) is 0.476. The van der Waals surface area contributed by atoms with Gasteiger partial charge in [0.05, 0.1) is 0 Å². The van der Waals surface area contributed by atoms with Crippen LogP contribution in [0.5, 0.6) is 5.75 Å². The maximum absolute atomic E-state index is 10.3. The van der Waals surface area contributed by atoms with E-state index >= 15 is 0 Å². The second-order valence-electron chi connectivity index (χ2n) is 1.88. The minimum absolute atomic E-state index is 0.476. The fourth-order valence-electron chi connectivity index (χ4n) is 0.647. The van der Waals surface area contributed by atoms with E-state index in [9.17, 15) is 4.79 Å². The third-order valence-corrected chi connectivity index (χ3v) is 1.69. The molecule has 2 N–H and O–H groups in total. The first-order valence-electron chi connectivity index (χ1n) is 2.91. The Bertz CT molecular complexity index is 275. The van der Waals surface area contributed by atoms with Crippen LogP contribution < -0.4 is 10.5 Å². The number of primary amides is 1. The van der Waals surface area contributed by atoms with E-state index in [2.05, 4.69) is 27.3 Å². The molecule has 0 atom stereocenters. The van der Waals surface area contributed by atoms with Crippen LogP contribution in [0.2, 0.25) is 0 Å². The SMILES string of the molecule is NC(=O)Oc1cccc(I)c1. The first kappa shape index (κ1) is 8.32. The molecule has 58 valence electrons. The molecule has 0 aliphatic rings. The lowest BCUT2D eigenvalue weighted by molar-refractivity contribution is 0.211. The topological polar surface area (TPSA) is 52.3 Å². The van der Waals surface area contributed by atoms with Gasteiger partial charge in [-0.15, -0.1) is 0 Å². The second kappa shape index (κ2) is 3.56. The molecule has 0 radical (unpaired) electrons. The van der Waals surface area contributed by atoms with Crippen molar-refractivity contribution in [3.05, 3.63) is 27.8 Å². The Kier molecular flexibility index (Phi) is 2.70. The monoisotopic (exact) mass is 263 g/mol. The Labute approximate surface area is 77.7 Å². The number of carbonyl (C=O) groups excluding carboxylic acids is 1. The van der Waals surface area contributed by atoms with Crippen LogP contribution in [0.15, 0.2) is 24.3 Å². The van der Waals surface area contributed by atoms with Crippen LogP contribution in [0.3, 0.4) is 0 Å². The Morgan fingerprint density at radius 2 is 2.27 bits per heavy atom. The Morgan fingerprint density at radius 1 is 1.55 bits per heavy atom. The lowest BCUT2D eigenvalue weighted by Crippen LogP contribution is -2.16. The quantitative estimate of drug-likeness (QED) is 0.784. The van der Waals surface area contributed by atoms with E-state index in [4.69, 9.17) is 5.73 Å². The summed E-state index contributed by atoms with van der Waals surface area (Å²) < 4.78 is 5.63. The van der Waals surface area contributed by atoms with Gasteiger partial charge in [-0.2, -0.15) is 0 Å². The minimum Gasteiger partial charge on any atom is -0.410 e. The molecule has 0 unspecified atom stereocenters. The van der Waals surface area contributed by atoms with Crippen molar-refractivity contribution in [3.8, 4) is 5.75 Å². The zero-order chi connectivity index (χ0) is 8.27. The molecule has 0 aliphatic carbocycles. The van der Waals surface area contributed by atoms with Gasteiger partial charge in [-0.05, 0) is 40.8 Å².